The van der Waals surface area contributed by atoms with Crippen LogP contribution in [-0.2, 0) is 6.42 Å². The van der Waals surface area contributed by atoms with Gasteiger partial charge in [0.2, 0.25) is 0 Å². The number of benzene rings is 1. The molecule has 0 bridgehead atoms. The number of hydrogen-bond acceptors (Lipinski definition) is 2. The Morgan fingerprint density at radius 3 is 2.57 bits per heavy atom. The van der Waals surface area contributed by atoms with E-state index in [2.05, 4.69) is 42.2 Å². The van der Waals surface area contributed by atoms with Crippen molar-refractivity contribution in [1.29, 1.82) is 0 Å². The normalized spacial score (nSPS) is 15.7. The van der Waals surface area contributed by atoms with Gasteiger partial charge in [-0.3, -0.25) is 4.98 Å². The summed E-state index contributed by atoms with van der Waals surface area (Å²) in [6.07, 6.45) is 3.66. The lowest BCUT2D eigenvalue weighted by Gasteiger charge is -2.34. The van der Waals surface area contributed by atoms with Crippen LogP contribution in [0.15, 0.2) is 54.2 Å². The van der Waals surface area contributed by atoms with E-state index in [9.17, 15) is 5.21 Å². The quantitative estimate of drug-likeness (QED) is 0.614. The first-order chi connectivity index (χ1) is 11.0. The summed E-state index contributed by atoms with van der Waals surface area (Å²) in [7, 11) is 3.43. The van der Waals surface area contributed by atoms with Gasteiger partial charge >= 0.3 is 0 Å². The fraction of sp³-hybridized carbons (Fsp3) is 0.350. The molecule has 1 unspecified atom stereocenters. The van der Waals surface area contributed by atoms with Crippen LogP contribution >= 0.6 is 0 Å². The van der Waals surface area contributed by atoms with Crippen molar-refractivity contribution >= 4 is 5.57 Å². The van der Waals surface area contributed by atoms with Gasteiger partial charge in [-0.2, -0.15) is 0 Å². The average Bonchev–Trinajstić information content (AvgIpc) is 2.91. The van der Waals surface area contributed by atoms with Gasteiger partial charge in [0.15, 0.2) is 0 Å². The summed E-state index contributed by atoms with van der Waals surface area (Å²) in [5.74, 6) is 0.247. The third kappa shape index (κ3) is 3.52. The largest absolute Gasteiger partial charge is 0.633 e. The van der Waals surface area contributed by atoms with Crippen LogP contribution in [0.1, 0.15) is 36.1 Å². The van der Waals surface area contributed by atoms with Gasteiger partial charge in [0.25, 0.3) is 0 Å². The summed E-state index contributed by atoms with van der Waals surface area (Å²) >= 11 is 0. The molecule has 1 aromatic carbocycles. The molecule has 2 aromatic rings. The molecule has 1 aliphatic carbocycles. The number of hydrogen-bond donors (Lipinski definition) is 0. The number of hydroxylamine groups is 3. The van der Waals surface area contributed by atoms with E-state index in [0.29, 0.717) is 6.54 Å². The van der Waals surface area contributed by atoms with Crippen LogP contribution < -0.4 is 0 Å². The zero-order valence-corrected chi connectivity index (χ0v) is 14.1. The second-order valence-electron chi connectivity index (χ2n) is 6.87. The third-order valence-electron chi connectivity index (χ3n) is 4.61. The molecule has 0 fully saturated rings. The zero-order chi connectivity index (χ0) is 16.4. The first-order valence-electron chi connectivity index (χ1n) is 8.21. The molecule has 3 rings (SSSR count). The van der Waals surface area contributed by atoms with Crippen molar-refractivity contribution in [3.8, 4) is 0 Å². The minimum Gasteiger partial charge on any atom is -0.633 e. The second-order valence-corrected chi connectivity index (χ2v) is 6.87. The van der Waals surface area contributed by atoms with Gasteiger partial charge in [0.05, 0.1) is 20.6 Å². The third-order valence-corrected chi connectivity index (χ3v) is 4.61. The molecule has 0 radical (unpaired) electrons. The Hall–Kier alpha value is -1.97. The molecule has 1 heterocycles. The second kappa shape index (κ2) is 6.26. The van der Waals surface area contributed by atoms with Gasteiger partial charge in [0.1, 0.15) is 0 Å². The maximum Gasteiger partial charge on any atom is 0.0817 e. The van der Waals surface area contributed by atoms with E-state index in [1.165, 1.54) is 22.3 Å². The Bertz CT molecular complexity index is 714. The van der Waals surface area contributed by atoms with Crippen LogP contribution in [0.4, 0.5) is 0 Å². The average molecular weight is 308 g/mol. The Balaban J connectivity index is 1.98. The monoisotopic (exact) mass is 308 g/mol. The first kappa shape index (κ1) is 15.9. The fourth-order valence-corrected chi connectivity index (χ4v) is 3.40. The number of rotatable bonds is 5. The summed E-state index contributed by atoms with van der Waals surface area (Å²) in [6.45, 7) is 2.83. The van der Waals surface area contributed by atoms with Crippen LogP contribution in [0, 0.1) is 5.21 Å². The minimum atomic E-state index is -0.245. The zero-order valence-electron chi connectivity index (χ0n) is 14.1. The Labute approximate surface area is 138 Å². The molecular formula is C20H24N2O. The van der Waals surface area contributed by atoms with Gasteiger partial charge in [-0.1, -0.05) is 42.8 Å². The van der Waals surface area contributed by atoms with Crippen LogP contribution in [-0.4, -0.2) is 30.3 Å². The lowest BCUT2D eigenvalue weighted by molar-refractivity contribution is -0.839. The molecule has 120 valence electrons. The van der Waals surface area contributed by atoms with Crippen LogP contribution in [0.25, 0.3) is 5.57 Å². The predicted octanol–water partition coefficient (Wildman–Crippen LogP) is 4.16. The van der Waals surface area contributed by atoms with E-state index in [-0.39, 0.29) is 10.6 Å². The highest BCUT2D eigenvalue weighted by atomic mass is 16.5. The molecule has 0 saturated heterocycles. The van der Waals surface area contributed by atoms with Gasteiger partial charge in [0, 0.05) is 24.2 Å². The molecule has 0 spiro atoms. The van der Waals surface area contributed by atoms with Crippen molar-refractivity contribution in [2.24, 2.45) is 0 Å². The molecule has 0 amide bonds. The molecule has 0 aliphatic heterocycles. The number of nitrogens with zero attached hydrogens (tertiary/aromatic N) is 2. The fourth-order valence-electron chi connectivity index (χ4n) is 3.40. The number of aromatic nitrogens is 1. The molecule has 1 atom stereocenters. The molecule has 1 aromatic heterocycles. The van der Waals surface area contributed by atoms with Gasteiger partial charge in [-0.25, -0.2) is 0 Å². The highest BCUT2D eigenvalue weighted by Gasteiger charge is 2.26. The number of pyridine rings is 1. The van der Waals surface area contributed by atoms with E-state index >= 15 is 0 Å². The molecule has 3 heteroatoms. The maximum atomic E-state index is 12.0. The molecule has 3 nitrogen and oxygen atoms in total. The topological polar surface area (TPSA) is 36.0 Å². The summed E-state index contributed by atoms with van der Waals surface area (Å²) in [4.78, 5) is 4.54. The van der Waals surface area contributed by atoms with E-state index in [1.807, 2.05) is 18.3 Å². The van der Waals surface area contributed by atoms with Crippen LogP contribution in [0.5, 0.6) is 0 Å². The Kier molecular flexibility index (Phi) is 4.33. The maximum absolute atomic E-state index is 12.0. The highest BCUT2D eigenvalue weighted by molar-refractivity contribution is 5.80. The standard InChI is InChI=1S/C20H24N2O/c1-15(19-10-6-7-12-21-19)20-17(11-13-22(2,3)23)14-16-8-4-5-9-18(16)20/h4-10,12,15H,11,13-14H2,1-3H3. The van der Waals surface area contributed by atoms with Crippen molar-refractivity contribution in [3.05, 3.63) is 76.3 Å². The van der Waals surface area contributed by atoms with Crippen LogP contribution in [0.2, 0.25) is 0 Å². The van der Waals surface area contributed by atoms with E-state index < -0.39 is 0 Å². The minimum absolute atomic E-state index is 0.245. The van der Waals surface area contributed by atoms with E-state index in [1.54, 1.807) is 14.1 Å². The SMILES string of the molecule is CC(C1=C(CC[N+](C)(C)[O-])Cc2ccccc21)c1ccccn1. The van der Waals surface area contributed by atoms with Crippen molar-refractivity contribution in [1.82, 2.24) is 4.98 Å². The van der Waals surface area contributed by atoms with Crippen molar-refractivity contribution < 1.29 is 4.65 Å². The highest BCUT2D eigenvalue weighted by Crippen LogP contribution is 2.42. The van der Waals surface area contributed by atoms with Crippen molar-refractivity contribution in [3.63, 3.8) is 0 Å². The Morgan fingerprint density at radius 1 is 1.13 bits per heavy atom. The molecule has 23 heavy (non-hydrogen) atoms. The summed E-state index contributed by atoms with van der Waals surface area (Å²) in [5.41, 5.74) is 6.56. The molecule has 0 saturated carbocycles. The number of quaternary nitrogens is 1. The smallest absolute Gasteiger partial charge is 0.0817 e. The van der Waals surface area contributed by atoms with Gasteiger partial charge in [-0.15, -0.1) is 0 Å². The summed E-state index contributed by atoms with van der Waals surface area (Å²) < 4.78 is -0.245. The lowest BCUT2D eigenvalue weighted by atomic mass is 9.89. The molecular weight excluding hydrogens is 284 g/mol. The first-order valence-corrected chi connectivity index (χ1v) is 8.21. The van der Waals surface area contributed by atoms with Crippen molar-refractivity contribution in [2.75, 3.05) is 20.6 Å². The summed E-state index contributed by atoms with van der Waals surface area (Å²) in [5, 5.41) is 12.0. The van der Waals surface area contributed by atoms with Gasteiger partial charge in [-0.05, 0) is 35.3 Å². The molecule has 1 aliphatic rings. The lowest BCUT2D eigenvalue weighted by Crippen LogP contribution is -2.33. The predicted molar refractivity (Wildman–Crippen MR) is 94.7 cm³/mol. The van der Waals surface area contributed by atoms with Gasteiger partial charge < -0.3 is 9.85 Å². The van der Waals surface area contributed by atoms with Crippen LogP contribution in [0.3, 0.4) is 0 Å². The van der Waals surface area contributed by atoms with E-state index in [0.717, 1.165) is 18.5 Å². The summed E-state index contributed by atoms with van der Waals surface area (Å²) in [6, 6.07) is 14.7. The Morgan fingerprint density at radius 2 is 1.87 bits per heavy atom. The molecule has 0 N–H and O–H groups in total. The van der Waals surface area contributed by atoms with E-state index in [4.69, 9.17) is 0 Å². The number of fused-ring (bicyclic) bond motifs is 1. The number of allylic oxidation sites excluding steroid dienone is 1. The van der Waals surface area contributed by atoms with Crippen molar-refractivity contribution in [2.45, 2.75) is 25.7 Å².